The van der Waals surface area contributed by atoms with Gasteiger partial charge in [0.1, 0.15) is 0 Å². The number of halogens is 2. The molecule has 0 unspecified atom stereocenters. The first-order valence-electron chi connectivity index (χ1n) is 2.40. The van der Waals surface area contributed by atoms with E-state index in [1.54, 1.807) is 0 Å². The van der Waals surface area contributed by atoms with Gasteiger partial charge in [-0.15, -0.1) is 12.4 Å². The Hall–Kier alpha value is -0.280. The van der Waals surface area contributed by atoms with Crippen LogP contribution in [0.4, 0.5) is 0 Å². The quantitative estimate of drug-likeness (QED) is 0.480. The van der Waals surface area contributed by atoms with E-state index in [1.807, 2.05) is 0 Å². The van der Waals surface area contributed by atoms with Crippen LogP contribution in [0, 0.1) is 0 Å². The SMILES string of the molecule is CC(=O)O[C@@H](C)C(=O)Cl.Cl. The normalized spacial score (nSPS) is 11.1. The summed E-state index contributed by atoms with van der Waals surface area (Å²) in [6.07, 6.45) is -0.829. The average molecular weight is 187 g/mol. The number of esters is 1. The third kappa shape index (κ3) is 5.85. The molecule has 0 heterocycles. The van der Waals surface area contributed by atoms with Gasteiger partial charge in [-0.3, -0.25) is 9.59 Å². The van der Waals surface area contributed by atoms with Crippen molar-refractivity contribution in [3.8, 4) is 0 Å². The molecule has 0 rings (SSSR count). The Balaban J connectivity index is 0. The average Bonchev–Trinajstić information content (AvgIpc) is 1.63. The molecule has 1 atom stereocenters. The minimum absolute atomic E-state index is 0. The van der Waals surface area contributed by atoms with Crippen molar-refractivity contribution in [2.24, 2.45) is 0 Å². The first-order chi connectivity index (χ1) is 4.04. The van der Waals surface area contributed by atoms with Crippen molar-refractivity contribution >= 4 is 35.2 Å². The van der Waals surface area contributed by atoms with E-state index >= 15 is 0 Å². The van der Waals surface area contributed by atoms with Crippen LogP contribution in [-0.2, 0) is 14.3 Å². The molecule has 0 N–H and O–H groups in total. The number of carbonyl (C=O) groups excluding carboxylic acids is 2. The molecular formula is C5H8Cl2O3. The molecule has 3 nitrogen and oxygen atoms in total. The molecule has 0 saturated carbocycles. The van der Waals surface area contributed by atoms with E-state index in [-0.39, 0.29) is 12.4 Å². The van der Waals surface area contributed by atoms with Gasteiger partial charge >= 0.3 is 5.97 Å². The summed E-state index contributed by atoms with van der Waals surface area (Å²) >= 11 is 4.96. The van der Waals surface area contributed by atoms with Gasteiger partial charge in [0.25, 0.3) is 5.24 Å². The van der Waals surface area contributed by atoms with Crippen LogP contribution < -0.4 is 0 Å². The second-order valence-corrected chi connectivity index (χ2v) is 1.93. The fourth-order valence-corrected chi connectivity index (χ4v) is 0.340. The first kappa shape index (κ1) is 12.4. The zero-order valence-electron chi connectivity index (χ0n) is 5.59. The Labute approximate surface area is 70.1 Å². The fourth-order valence-electron chi connectivity index (χ4n) is 0.295. The maximum atomic E-state index is 10.2. The number of carbonyl (C=O) groups is 2. The van der Waals surface area contributed by atoms with Crippen molar-refractivity contribution in [2.45, 2.75) is 20.0 Å². The first-order valence-corrected chi connectivity index (χ1v) is 2.78. The zero-order valence-corrected chi connectivity index (χ0v) is 7.16. The Morgan fingerprint density at radius 2 is 1.90 bits per heavy atom. The molecule has 0 aliphatic carbocycles. The lowest BCUT2D eigenvalue weighted by Crippen LogP contribution is -2.18. The van der Waals surface area contributed by atoms with Gasteiger partial charge in [-0.2, -0.15) is 0 Å². The highest BCUT2D eigenvalue weighted by molar-refractivity contribution is 6.64. The van der Waals surface area contributed by atoms with Crippen molar-refractivity contribution in [2.75, 3.05) is 0 Å². The van der Waals surface area contributed by atoms with E-state index in [9.17, 15) is 9.59 Å². The third-order valence-corrected chi connectivity index (χ3v) is 0.970. The summed E-state index contributed by atoms with van der Waals surface area (Å²) in [5.74, 6) is -0.503. The molecule has 0 aliphatic heterocycles. The van der Waals surface area contributed by atoms with Gasteiger partial charge < -0.3 is 4.74 Å². The lowest BCUT2D eigenvalue weighted by atomic mass is 10.4. The molecule has 0 saturated heterocycles. The van der Waals surface area contributed by atoms with Gasteiger partial charge in [-0.25, -0.2) is 0 Å². The summed E-state index contributed by atoms with van der Waals surface area (Å²) in [6.45, 7) is 2.63. The van der Waals surface area contributed by atoms with Gasteiger partial charge in [0.05, 0.1) is 0 Å². The molecule has 0 aliphatic rings. The van der Waals surface area contributed by atoms with Crippen molar-refractivity contribution in [3.63, 3.8) is 0 Å². The fraction of sp³-hybridized carbons (Fsp3) is 0.600. The molecule has 0 spiro atoms. The zero-order chi connectivity index (χ0) is 7.44. The topological polar surface area (TPSA) is 43.4 Å². The molecule has 10 heavy (non-hydrogen) atoms. The molecular weight excluding hydrogens is 179 g/mol. The standard InChI is InChI=1S/C5H7ClO3.ClH/c1-3(5(6)8)9-4(2)7;/h3H,1-2H3;1H/t3-;/m0./s1. The molecule has 60 valence electrons. The molecule has 0 radical (unpaired) electrons. The molecule has 0 amide bonds. The van der Waals surface area contributed by atoms with Crippen LogP contribution in [0.15, 0.2) is 0 Å². The predicted octanol–water partition coefficient (Wildman–Crippen LogP) is 1.13. The number of hydrogen-bond donors (Lipinski definition) is 0. The second-order valence-electron chi connectivity index (χ2n) is 1.56. The minimum atomic E-state index is -0.829. The Bertz CT molecular complexity index is 135. The molecule has 0 aromatic carbocycles. The largest absolute Gasteiger partial charge is 0.453 e. The summed E-state index contributed by atoms with van der Waals surface area (Å²) in [5, 5.41) is -0.662. The maximum absolute atomic E-state index is 10.2. The van der Waals surface area contributed by atoms with Crippen molar-refractivity contribution in [1.29, 1.82) is 0 Å². The van der Waals surface area contributed by atoms with Crippen molar-refractivity contribution < 1.29 is 14.3 Å². The van der Waals surface area contributed by atoms with E-state index in [0.717, 1.165) is 0 Å². The number of rotatable bonds is 2. The Morgan fingerprint density at radius 3 is 2.00 bits per heavy atom. The minimum Gasteiger partial charge on any atom is -0.453 e. The van der Waals surface area contributed by atoms with Crippen molar-refractivity contribution in [3.05, 3.63) is 0 Å². The second kappa shape index (κ2) is 5.50. The van der Waals surface area contributed by atoms with Gasteiger partial charge in [0, 0.05) is 6.92 Å². The Kier molecular flexibility index (Phi) is 6.82. The van der Waals surface area contributed by atoms with E-state index in [4.69, 9.17) is 11.6 Å². The monoisotopic (exact) mass is 186 g/mol. The van der Waals surface area contributed by atoms with E-state index < -0.39 is 17.3 Å². The molecule has 0 aromatic heterocycles. The van der Waals surface area contributed by atoms with E-state index in [1.165, 1.54) is 13.8 Å². The highest BCUT2D eigenvalue weighted by Crippen LogP contribution is 1.95. The third-order valence-electron chi connectivity index (χ3n) is 0.662. The smallest absolute Gasteiger partial charge is 0.303 e. The molecule has 0 aromatic rings. The van der Waals surface area contributed by atoms with Gasteiger partial charge in [-0.05, 0) is 18.5 Å². The highest BCUT2D eigenvalue weighted by atomic mass is 35.5. The molecule has 5 heteroatoms. The van der Waals surface area contributed by atoms with E-state index in [2.05, 4.69) is 4.74 Å². The summed E-state index contributed by atoms with van der Waals surface area (Å²) in [7, 11) is 0. The summed E-state index contributed by atoms with van der Waals surface area (Å²) in [6, 6.07) is 0. The predicted molar refractivity (Wildman–Crippen MR) is 39.3 cm³/mol. The van der Waals surface area contributed by atoms with Crippen LogP contribution in [0.5, 0.6) is 0 Å². The highest BCUT2D eigenvalue weighted by Gasteiger charge is 2.11. The Morgan fingerprint density at radius 1 is 1.50 bits per heavy atom. The summed E-state index contributed by atoms with van der Waals surface area (Å²) < 4.78 is 4.39. The van der Waals surface area contributed by atoms with Gasteiger partial charge in [0.2, 0.25) is 0 Å². The maximum Gasteiger partial charge on any atom is 0.303 e. The lowest BCUT2D eigenvalue weighted by molar-refractivity contribution is -0.149. The summed E-state index contributed by atoms with van der Waals surface area (Å²) in [5.41, 5.74) is 0. The lowest BCUT2D eigenvalue weighted by Gasteiger charge is -2.04. The number of hydrogen-bond acceptors (Lipinski definition) is 3. The van der Waals surface area contributed by atoms with Gasteiger partial charge in [0.15, 0.2) is 6.10 Å². The van der Waals surface area contributed by atoms with Crippen LogP contribution in [0.2, 0.25) is 0 Å². The van der Waals surface area contributed by atoms with E-state index in [0.29, 0.717) is 0 Å². The van der Waals surface area contributed by atoms with Crippen LogP contribution in [0.25, 0.3) is 0 Å². The van der Waals surface area contributed by atoms with Crippen LogP contribution in [0.1, 0.15) is 13.8 Å². The van der Waals surface area contributed by atoms with Crippen molar-refractivity contribution in [1.82, 2.24) is 0 Å². The van der Waals surface area contributed by atoms with Crippen LogP contribution >= 0.6 is 24.0 Å². The van der Waals surface area contributed by atoms with Gasteiger partial charge in [-0.1, -0.05) is 0 Å². The van der Waals surface area contributed by atoms with Crippen LogP contribution in [0.3, 0.4) is 0 Å². The molecule has 0 fully saturated rings. The van der Waals surface area contributed by atoms with Crippen LogP contribution in [-0.4, -0.2) is 17.3 Å². The molecule has 0 bridgehead atoms. The number of ether oxygens (including phenoxy) is 1. The summed E-state index contributed by atoms with van der Waals surface area (Å²) in [4.78, 5) is 20.3.